The van der Waals surface area contributed by atoms with Crippen LogP contribution in [0.1, 0.15) is 17.2 Å². The first-order valence-corrected chi connectivity index (χ1v) is 9.35. The molecule has 0 saturated carbocycles. The Bertz CT molecular complexity index is 1160. The number of rotatable bonds is 7. The quantitative estimate of drug-likeness (QED) is 0.415. The van der Waals surface area contributed by atoms with Gasteiger partial charge < -0.3 is 14.8 Å². The molecule has 0 aromatic heterocycles. The third-order valence-electron chi connectivity index (χ3n) is 4.29. The second-order valence-corrected chi connectivity index (χ2v) is 6.71. The summed E-state index contributed by atoms with van der Waals surface area (Å²) >= 11 is 5.84. The van der Waals surface area contributed by atoms with Gasteiger partial charge in [0.15, 0.2) is 11.5 Å². The van der Waals surface area contributed by atoms with Crippen LogP contribution >= 0.6 is 11.6 Å². The molecule has 9 heteroatoms. The number of nitriles is 1. The summed E-state index contributed by atoms with van der Waals surface area (Å²) in [5, 5.41) is 22.8. The van der Waals surface area contributed by atoms with Gasteiger partial charge in [0.25, 0.3) is 11.6 Å². The molecule has 0 unspecified atom stereocenters. The van der Waals surface area contributed by atoms with Crippen LogP contribution < -0.4 is 14.8 Å². The molecule has 0 aliphatic carbocycles. The van der Waals surface area contributed by atoms with Crippen LogP contribution in [0.5, 0.6) is 11.5 Å². The highest BCUT2D eigenvalue weighted by Gasteiger charge is 2.25. The fourth-order valence-corrected chi connectivity index (χ4v) is 2.99. The van der Waals surface area contributed by atoms with Gasteiger partial charge in [0.2, 0.25) is 6.10 Å². The molecule has 3 rings (SSSR count). The lowest BCUT2D eigenvalue weighted by molar-refractivity contribution is -0.384. The molecule has 3 aromatic rings. The number of benzene rings is 3. The molecule has 0 aliphatic heterocycles. The number of nitrogens with one attached hydrogen (secondary N) is 1. The van der Waals surface area contributed by atoms with Crippen molar-refractivity contribution in [2.24, 2.45) is 0 Å². The predicted molar refractivity (Wildman–Crippen MR) is 114 cm³/mol. The van der Waals surface area contributed by atoms with Crippen LogP contribution in [0.3, 0.4) is 0 Å². The third-order valence-corrected chi connectivity index (χ3v) is 4.61. The zero-order chi connectivity index (χ0) is 22.4. The van der Waals surface area contributed by atoms with E-state index in [-0.39, 0.29) is 27.9 Å². The highest BCUT2D eigenvalue weighted by Crippen LogP contribution is 2.33. The molecule has 1 amide bonds. The van der Waals surface area contributed by atoms with Gasteiger partial charge in [-0.3, -0.25) is 14.9 Å². The average Bonchev–Trinajstić information content (AvgIpc) is 2.79. The number of carbonyl (C=O) groups excluding carboxylic acids is 1. The lowest BCUT2D eigenvalue weighted by Crippen LogP contribution is -2.26. The minimum absolute atomic E-state index is 0.0406. The summed E-state index contributed by atoms with van der Waals surface area (Å²) in [5.74, 6) is -0.0169. The zero-order valence-electron chi connectivity index (χ0n) is 16.2. The van der Waals surface area contributed by atoms with Crippen molar-refractivity contribution in [3.05, 3.63) is 93.0 Å². The maximum Gasteiger partial charge on any atom is 0.289 e. The summed E-state index contributed by atoms with van der Waals surface area (Å²) < 4.78 is 11.2. The van der Waals surface area contributed by atoms with Crippen LogP contribution in [0, 0.1) is 21.4 Å². The standard InChI is InChI=1S/C22H16ClN3O5/c1-30-20-11-14(13-24)7-10-19(20)31-21(15-5-3-2-4-6-15)22(27)25-16-8-9-17(23)18(12-16)26(28)29/h2-12,21H,1H3,(H,25,27)/t21-/m0/s1. The largest absolute Gasteiger partial charge is 0.493 e. The molecule has 0 fully saturated rings. The van der Waals surface area contributed by atoms with Gasteiger partial charge in [-0.25, -0.2) is 0 Å². The molecular formula is C22H16ClN3O5. The Hall–Kier alpha value is -4.09. The minimum Gasteiger partial charge on any atom is -0.493 e. The number of methoxy groups -OCH3 is 1. The maximum atomic E-state index is 13.1. The normalized spacial score (nSPS) is 11.1. The topological polar surface area (TPSA) is 114 Å². The Labute approximate surface area is 182 Å². The summed E-state index contributed by atoms with van der Waals surface area (Å²) in [6.07, 6.45) is -1.10. The van der Waals surface area contributed by atoms with Crippen molar-refractivity contribution < 1.29 is 19.2 Å². The number of ether oxygens (including phenoxy) is 2. The average molecular weight is 438 g/mol. The summed E-state index contributed by atoms with van der Waals surface area (Å²) in [6.45, 7) is 0. The molecule has 0 radical (unpaired) electrons. The second kappa shape index (κ2) is 9.61. The van der Waals surface area contributed by atoms with E-state index < -0.39 is 16.9 Å². The van der Waals surface area contributed by atoms with Crippen molar-refractivity contribution in [1.82, 2.24) is 0 Å². The van der Waals surface area contributed by atoms with Crippen LogP contribution in [-0.2, 0) is 4.79 Å². The number of nitro groups is 1. The molecular weight excluding hydrogens is 422 g/mol. The maximum absolute atomic E-state index is 13.1. The number of hydrogen-bond acceptors (Lipinski definition) is 6. The first kappa shape index (κ1) is 21.6. The van der Waals surface area contributed by atoms with Crippen LogP contribution in [0.15, 0.2) is 66.7 Å². The van der Waals surface area contributed by atoms with Crippen LogP contribution in [0.25, 0.3) is 0 Å². The van der Waals surface area contributed by atoms with Gasteiger partial charge in [-0.2, -0.15) is 5.26 Å². The number of amides is 1. The number of nitro benzene ring substituents is 1. The highest BCUT2D eigenvalue weighted by atomic mass is 35.5. The number of carbonyl (C=O) groups is 1. The van der Waals surface area contributed by atoms with E-state index in [1.54, 1.807) is 36.4 Å². The number of anilines is 1. The Morgan fingerprint density at radius 1 is 1.13 bits per heavy atom. The number of halogens is 1. The van der Waals surface area contributed by atoms with Crippen molar-refractivity contribution >= 4 is 28.9 Å². The molecule has 1 N–H and O–H groups in total. The van der Waals surface area contributed by atoms with Gasteiger partial charge in [-0.05, 0) is 24.3 Å². The summed E-state index contributed by atoms with van der Waals surface area (Å²) in [5.41, 5.74) is 0.788. The van der Waals surface area contributed by atoms with Gasteiger partial charge in [-0.15, -0.1) is 0 Å². The van der Waals surface area contributed by atoms with E-state index in [0.717, 1.165) is 0 Å². The van der Waals surface area contributed by atoms with Gasteiger partial charge in [-0.1, -0.05) is 41.9 Å². The Morgan fingerprint density at radius 2 is 1.87 bits per heavy atom. The first-order valence-electron chi connectivity index (χ1n) is 8.97. The van der Waals surface area contributed by atoms with E-state index >= 15 is 0 Å². The molecule has 31 heavy (non-hydrogen) atoms. The first-order chi connectivity index (χ1) is 14.9. The minimum atomic E-state index is -1.10. The molecule has 0 aliphatic rings. The van der Waals surface area contributed by atoms with Crippen LogP contribution in [0.2, 0.25) is 5.02 Å². The number of hydrogen-bond donors (Lipinski definition) is 1. The van der Waals surface area contributed by atoms with Gasteiger partial charge in [0, 0.05) is 23.4 Å². The van der Waals surface area contributed by atoms with Gasteiger partial charge in [0.1, 0.15) is 5.02 Å². The lowest BCUT2D eigenvalue weighted by Gasteiger charge is -2.20. The van der Waals surface area contributed by atoms with E-state index in [4.69, 9.17) is 26.3 Å². The van der Waals surface area contributed by atoms with E-state index in [1.807, 2.05) is 6.07 Å². The monoisotopic (exact) mass is 437 g/mol. The Balaban J connectivity index is 1.94. The smallest absolute Gasteiger partial charge is 0.289 e. The van der Waals surface area contributed by atoms with E-state index in [9.17, 15) is 14.9 Å². The summed E-state index contributed by atoms with van der Waals surface area (Å²) in [6, 6.07) is 19.3. The van der Waals surface area contributed by atoms with Gasteiger partial charge >= 0.3 is 0 Å². The van der Waals surface area contributed by atoms with Crippen LogP contribution in [0.4, 0.5) is 11.4 Å². The lowest BCUT2D eigenvalue weighted by atomic mass is 10.1. The molecule has 8 nitrogen and oxygen atoms in total. The fraction of sp³-hybridized carbons (Fsp3) is 0.0909. The Morgan fingerprint density at radius 3 is 2.52 bits per heavy atom. The molecule has 0 spiro atoms. The molecule has 156 valence electrons. The molecule has 1 atom stereocenters. The Kier molecular flexibility index (Phi) is 6.70. The molecule has 0 bridgehead atoms. The van der Waals surface area contributed by atoms with Crippen molar-refractivity contribution in [2.75, 3.05) is 12.4 Å². The zero-order valence-corrected chi connectivity index (χ0v) is 17.0. The SMILES string of the molecule is COc1cc(C#N)ccc1O[C@H](C(=O)Nc1ccc(Cl)c([N+](=O)[O-])c1)c1ccccc1. The van der Waals surface area contributed by atoms with Gasteiger partial charge in [0.05, 0.1) is 23.7 Å². The highest BCUT2D eigenvalue weighted by molar-refractivity contribution is 6.32. The van der Waals surface area contributed by atoms with E-state index in [0.29, 0.717) is 11.1 Å². The predicted octanol–water partition coefficient (Wildman–Crippen LogP) is 4.89. The van der Waals surface area contributed by atoms with Crippen molar-refractivity contribution in [2.45, 2.75) is 6.10 Å². The number of nitrogens with zero attached hydrogens (tertiary/aromatic N) is 2. The molecule has 0 saturated heterocycles. The van der Waals surface area contributed by atoms with E-state index in [1.165, 1.54) is 37.4 Å². The van der Waals surface area contributed by atoms with Crippen molar-refractivity contribution in [3.63, 3.8) is 0 Å². The van der Waals surface area contributed by atoms with E-state index in [2.05, 4.69) is 5.32 Å². The molecule has 3 aromatic carbocycles. The molecule has 0 heterocycles. The van der Waals surface area contributed by atoms with Crippen LogP contribution in [-0.4, -0.2) is 17.9 Å². The fourth-order valence-electron chi connectivity index (χ4n) is 2.80. The van der Waals surface area contributed by atoms with Crippen molar-refractivity contribution in [1.29, 1.82) is 5.26 Å². The van der Waals surface area contributed by atoms with Crippen molar-refractivity contribution in [3.8, 4) is 17.6 Å². The third kappa shape index (κ3) is 5.10. The summed E-state index contributed by atoms with van der Waals surface area (Å²) in [4.78, 5) is 23.6. The second-order valence-electron chi connectivity index (χ2n) is 6.30. The summed E-state index contributed by atoms with van der Waals surface area (Å²) in [7, 11) is 1.42.